The molecule has 2 aromatic carbocycles. The summed E-state index contributed by atoms with van der Waals surface area (Å²) in [4.78, 5) is 56.2. The molecule has 254 valence electrons. The molecule has 1 aromatic heterocycles. The highest BCUT2D eigenvalue weighted by Gasteiger charge is 2.46. The van der Waals surface area contributed by atoms with Gasteiger partial charge in [-0.2, -0.15) is 13.2 Å². The van der Waals surface area contributed by atoms with Crippen LogP contribution in [-0.4, -0.2) is 75.2 Å². The molecule has 1 aliphatic heterocycles. The lowest BCUT2D eigenvalue weighted by Gasteiger charge is -2.38. The Balaban J connectivity index is 1.55. The number of ether oxygens (including phenoxy) is 1. The van der Waals surface area contributed by atoms with Crippen LogP contribution in [0.2, 0.25) is 0 Å². The second-order valence-corrected chi connectivity index (χ2v) is 12.3. The number of carbonyl (C=O) groups is 3. The van der Waals surface area contributed by atoms with Gasteiger partial charge in [-0.05, 0) is 69.7 Å². The first kappa shape index (κ1) is 35.1. The van der Waals surface area contributed by atoms with E-state index < -0.39 is 72.3 Å². The second kappa shape index (κ2) is 12.8. The number of carbonyl (C=O) groups excluding carboxylic acids is 2. The van der Waals surface area contributed by atoms with E-state index in [-0.39, 0.29) is 40.9 Å². The predicted octanol–water partition coefficient (Wildman–Crippen LogP) is 4.82. The number of carboxylic acids is 1. The molecule has 1 saturated heterocycles. The molecule has 2 N–H and O–H groups in total. The number of fused-ring (bicyclic) bond motifs is 1. The van der Waals surface area contributed by atoms with Crippen LogP contribution in [0.1, 0.15) is 54.5 Å². The third-order valence-corrected chi connectivity index (χ3v) is 7.54. The van der Waals surface area contributed by atoms with E-state index in [0.717, 1.165) is 16.7 Å². The number of anilines is 1. The minimum absolute atomic E-state index is 0.0504. The number of alkyl halides is 5. The van der Waals surface area contributed by atoms with Gasteiger partial charge < -0.3 is 25.0 Å². The average Bonchev–Trinajstić information content (AvgIpc) is 2.94. The van der Waals surface area contributed by atoms with E-state index in [9.17, 15) is 41.1 Å². The fraction of sp³-hybridized carbons (Fsp3) is 0.452. The number of carboxylic acid groups (broad SMARTS) is 1. The van der Waals surface area contributed by atoms with Crippen molar-refractivity contribution in [1.82, 2.24) is 19.8 Å². The van der Waals surface area contributed by atoms with Crippen molar-refractivity contribution in [3.8, 4) is 0 Å². The Morgan fingerprint density at radius 3 is 2.34 bits per heavy atom. The first-order chi connectivity index (χ1) is 21.7. The van der Waals surface area contributed by atoms with Crippen LogP contribution in [0.3, 0.4) is 0 Å². The summed E-state index contributed by atoms with van der Waals surface area (Å²) in [6, 6.07) is 5.87. The zero-order valence-electron chi connectivity index (χ0n) is 26.2. The monoisotopic (exact) mass is 667 g/mol. The molecule has 0 aliphatic carbocycles. The van der Waals surface area contributed by atoms with Gasteiger partial charge in [-0.15, -0.1) is 0 Å². The maximum Gasteiger partial charge on any atom is 0.416 e. The lowest BCUT2D eigenvalue weighted by molar-refractivity contribution is -0.138. The number of hydrogen-bond acceptors (Lipinski definition) is 7. The minimum atomic E-state index is -4.80. The Labute approximate surface area is 265 Å². The summed E-state index contributed by atoms with van der Waals surface area (Å²) in [6.45, 7) is 4.28. The molecule has 0 bridgehead atoms. The number of alkyl carbamates (subject to hydrolysis) is 1. The van der Waals surface area contributed by atoms with Crippen molar-refractivity contribution in [2.45, 2.75) is 70.9 Å². The Morgan fingerprint density at radius 2 is 1.77 bits per heavy atom. The molecule has 2 heterocycles. The fourth-order valence-electron chi connectivity index (χ4n) is 5.22. The van der Waals surface area contributed by atoms with E-state index in [1.807, 2.05) is 0 Å². The number of piperidine rings is 1. The molecule has 2 amide bonds. The normalized spacial score (nSPS) is 16.6. The van der Waals surface area contributed by atoms with E-state index in [0.29, 0.717) is 5.69 Å². The van der Waals surface area contributed by atoms with E-state index >= 15 is 0 Å². The number of benzene rings is 2. The van der Waals surface area contributed by atoms with Crippen LogP contribution in [0.15, 0.2) is 41.2 Å². The minimum Gasteiger partial charge on any atom is -0.480 e. The Kier molecular flexibility index (Phi) is 9.56. The molecule has 1 aliphatic rings. The van der Waals surface area contributed by atoms with Gasteiger partial charge in [0.1, 0.15) is 24.0 Å². The van der Waals surface area contributed by atoms with Crippen molar-refractivity contribution in [2.24, 2.45) is 0 Å². The molecular weight excluding hydrogens is 633 g/mol. The zero-order chi connectivity index (χ0) is 35.1. The van der Waals surface area contributed by atoms with E-state index in [1.165, 1.54) is 48.0 Å². The molecule has 0 spiro atoms. The lowest BCUT2D eigenvalue weighted by atomic mass is 10.00. The number of nitrogens with one attached hydrogen (secondary N) is 1. The van der Waals surface area contributed by atoms with Gasteiger partial charge in [-0.3, -0.25) is 19.0 Å². The fourth-order valence-corrected chi connectivity index (χ4v) is 5.22. The van der Waals surface area contributed by atoms with Crippen LogP contribution in [0.5, 0.6) is 0 Å². The maximum absolute atomic E-state index is 14.6. The number of nitrogens with zero attached hydrogens (tertiary/aromatic N) is 4. The number of aromatic nitrogens is 2. The van der Waals surface area contributed by atoms with Crippen molar-refractivity contribution < 1.29 is 46.2 Å². The van der Waals surface area contributed by atoms with Gasteiger partial charge in [0.05, 0.1) is 16.5 Å². The number of hydrogen-bond donors (Lipinski definition) is 2. The van der Waals surface area contributed by atoms with Gasteiger partial charge in [0.15, 0.2) is 0 Å². The van der Waals surface area contributed by atoms with Crippen LogP contribution < -0.4 is 15.8 Å². The Bertz CT molecular complexity index is 1750. The summed E-state index contributed by atoms with van der Waals surface area (Å²) in [5.41, 5.74) is -2.71. The van der Waals surface area contributed by atoms with Crippen molar-refractivity contribution >= 4 is 34.6 Å². The smallest absolute Gasteiger partial charge is 0.416 e. The number of aliphatic carboxylic acids is 1. The molecule has 1 atom stereocenters. The highest BCUT2D eigenvalue weighted by atomic mass is 19.4. The molecule has 47 heavy (non-hydrogen) atoms. The molecule has 1 fully saturated rings. The summed E-state index contributed by atoms with van der Waals surface area (Å²) in [5.74, 6) is -5.23. The van der Waals surface area contributed by atoms with E-state index in [4.69, 9.17) is 9.84 Å². The van der Waals surface area contributed by atoms with Crippen molar-refractivity contribution in [1.29, 1.82) is 0 Å². The molecule has 3 aromatic rings. The molecular formula is C31H34F5N5O6. The van der Waals surface area contributed by atoms with Gasteiger partial charge in [0.25, 0.3) is 17.4 Å². The topological polar surface area (TPSA) is 134 Å². The summed E-state index contributed by atoms with van der Waals surface area (Å²) < 4.78 is 77.4. The lowest BCUT2D eigenvalue weighted by Crippen LogP contribution is -2.60. The Morgan fingerprint density at radius 1 is 1.13 bits per heavy atom. The van der Waals surface area contributed by atoms with Gasteiger partial charge in [-0.1, -0.05) is 0 Å². The molecule has 0 radical (unpaired) electrons. The van der Waals surface area contributed by atoms with Gasteiger partial charge in [-0.25, -0.2) is 18.6 Å². The van der Waals surface area contributed by atoms with Crippen LogP contribution in [0, 0.1) is 6.92 Å². The van der Waals surface area contributed by atoms with E-state index in [2.05, 4.69) is 10.3 Å². The second-order valence-electron chi connectivity index (χ2n) is 12.3. The molecule has 0 saturated carbocycles. The maximum atomic E-state index is 14.6. The van der Waals surface area contributed by atoms with Crippen LogP contribution in [-0.2, 0) is 28.8 Å². The third kappa shape index (κ3) is 8.16. The van der Waals surface area contributed by atoms with E-state index in [1.54, 1.807) is 20.8 Å². The summed E-state index contributed by atoms with van der Waals surface area (Å²) in [5, 5.41) is 11.1. The van der Waals surface area contributed by atoms with Crippen molar-refractivity contribution in [2.75, 3.05) is 25.0 Å². The van der Waals surface area contributed by atoms with Crippen LogP contribution >= 0.6 is 0 Å². The first-order valence-corrected chi connectivity index (χ1v) is 14.5. The van der Waals surface area contributed by atoms with Crippen LogP contribution in [0.4, 0.5) is 32.4 Å². The van der Waals surface area contributed by atoms with Crippen molar-refractivity contribution in [3.63, 3.8) is 0 Å². The van der Waals surface area contributed by atoms with Gasteiger partial charge in [0.2, 0.25) is 0 Å². The number of halogens is 5. The predicted molar refractivity (Wildman–Crippen MR) is 161 cm³/mol. The number of likely N-dealkylation sites (tertiary alicyclic amines) is 1. The molecule has 16 heteroatoms. The first-order valence-electron chi connectivity index (χ1n) is 14.5. The molecule has 4 rings (SSSR count). The van der Waals surface area contributed by atoms with Crippen molar-refractivity contribution in [3.05, 3.63) is 69.3 Å². The SMILES string of the molecule is Cc1nc2cc(C(F)(F)F)c(CN(C)c3ccc(C(=O)N4CCC(F)(F)C(NC(=O)OC(C)(C)C)C4)cc3)cc2c(=O)n1CC(=O)O. The molecule has 11 nitrogen and oxygen atoms in total. The van der Waals surface area contributed by atoms with Gasteiger partial charge in [0, 0.05) is 44.4 Å². The summed E-state index contributed by atoms with van der Waals surface area (Å²) in [6.07, 6.45) is -6.53. The summed E-state index contributed by atoms with van der Waals surface area (Å²) in [7, 11) is 1.50. The highest BCUT2D eigenvalue weighted by molar-refractivity contribution is 5.94. The number of amides is 2. The summed E-state index contributed by atoms with van der Waals surface area (Å²) >= 11 is 0. The number of aryl methyl sites for hydroxylation is 1. The van der Waals surface area contributed by atoms with Crippen LogP contribution in [0.25, 0.3) is 10.9 Å². The standard InChI is InChI=1S/C31H34F5N5O6/c1-17-37-23-13-22(31(34,35)36)19(12-21(23)27(45)41(17)16-25(42)43)14-39(5)20-8-6-18(7-9-20)26(44)40-11-10-30(32,33)24(15-40)38-28(46)47-29(2,3)4/h6-9,12-13,24H,10-11,14-16H2,1-5H3,(H,38,46)(H,42,43). The third-order valence-electron chi connectivity index (χ3n) is 7.54. The number of rotatable bonds is 7. The average molecular weight is 668 g/mol. The quantitative estimate of drug-likeness (QED) is 0.343. The zero-order valence-corrected chi connectivity index (χ0v) is 26.2. The molecule has 1 unspecified atom stereocenters. The largest absolute Gasteiger partial charge is 0.480 e. The van der Waals surface area contributed by atoms with Gasteiger partial charge >= 0.3 is 18.2 Å². The Hall–Kier alpha value is -4.76. The highest BCUT2D eigenvalue weighted by Crippen LogP contribution is 2.35.